The predicted molar refractivity (Wildman–Crippen MR) is 85.7 cm³/mol. The molecule has 1 amide bonds. The van der Waals surface area contributed by atoms with Crippen LogP contribution >= 0.6 is 11.3 Å². The van der Waals surface area contributed by atoms with Gasteiger partial charge in [0.15, 0.2) is 0 Å². The van der Waals surface area contributed by atoms with E-state index < -0.39 is 5.97 Å². The lowest BCUT2D eigenvalue weighted by Crippen LogP contribution is -2.12. The van der Waals surface area contributed by atoms with Crippen LogP contribution in [0.5, 0.6) is 0 Å². The summed E-state index contributed by atoms with van der Waals surface area (Å²) in [6, 6.07) is 1.87. The zero-order chi connectivity index (χ0) is 16.4. The molecule has 2 aromatic rings. The van der Waals surface area contributed by atoms with Crippen molar-refractivity contribution in [1.29, 1.82) is 0 Å². The number of rotatable bonds is 5. The number of hydrogen-bond donors (Lipinski definition) is 2. The third kappa shape index (κ3) is 3.36. The summed E-state index contributed by atoms with van der Waals surface area (Å²) in [5, 5.41) is 15.9. The zero-order valence-corrected chi connectivity index (χ0v) is 13.9. The first-order chi connectivity index (χ1) is 10.3. The average molecular weight is 321 g/mol. The molecule has 22 heavy (non-hydrogen) atoms. The summed E-state index contributed by atoms with van der Waals surface area (Å²) in [5.41, 5.74) is 3.19. The van der Waals surface area contributed by atoms with Crippen LogP contribution in [-0.4, -0.2) is 26.8 Å². The molecule has 0 spiro atoms. The van der Waals surface area contributed by atoms with Gasteiger partial charge in [0.1, 0.15) is 0 Å². The molecule has 6 nitrogen and oxygen atoms in total. The minimum absolute atomic E-state index is 0.00133. The Morgan fingerprint density at radius 3 is 2.55 bits per heavy atom. The smallest absolute Gasteiger partial charge is 0.305 e. The molecule has 0 radical (unpaired) electrons. The Kier molecular flexibility index (Phi) is 4.65. The summed E-state index contributed by atoms with van der Waals surface area (Å²) in [6.45, 7) is 7.86. The highest BCUT2D eigenvalue weighted by Crippen LogP contribution is 2.24. The van der Waals surface area contributed by atoms with E-state index >= 15 is 0 Å². The Hall–Kier alpha value is -2.15. The van der Waals surface area contributed by atoms with E-state index in [0.29, 0.717) is 16.3 Å². The fraction of sp³-hybridized carbons (Fsp3) is 0.400. The van der Waals surface area contributed by atoms with E-state index in [1.54, 1.807) is 11.6 Å². The molecule has 0 aliphatic heterocycles. The second-order valence-electron chi connectivity index (χ2n) is 5.22. The molecular weight excluding hydrogens is 302 g/mol. The van der Waals surface area contributed by atoms with Crippen molar-refractivity contribution in [2.24, 2.45) is 0 Å². The van der Waals surface area contributed by atoms with Crippen LogP contribution in [0.2, 0.25) is 0 Å². The van der Waals surface area contributed by atoms with Gasteiger partial charge in [-0.25, -0.2) is 0 Å². The molecule has 7 heteroatoms. The van der Waals surface area contributed by atoms with Gasteiger partial charge < -0.3 is 10.4 Å². The number of carboxylic acid groups (broad SMARTS) is 1. The standard InChI is InChI=1S/C15H19N3O3S/c1-8-7-12(22-11(8)4)15(21)16-14-9(2)17-18(10(14)3)6-5-13(19)20/h7H,5-6H2,1-4H3,(H,16,21)(H,19,20). The highest BCUT2D eigenvalue weighted by Gasteiger charge is 2.17. The Morgan fingerprint density at radius 2 is 2.00 bits per heavy atom. The van der Waals surface area contributed by atoms with E-state index in [-0.39, 0.29) is 18.9 Å². The molecule has 0 unspecified atom stereocenters. The van der Waals surface area contributed by atoms with Gasteiger partial charge in [-0.3, -0.25) is 14.3 Å². The lowest BCUT2D eigenvalue weighted by Gasteiger charge is -2.05. The van der Waals surface area contributed by atoms with Crippen LogP contribution < -0.4 is 5.32 Å². The number of aliphatic carboxylic acids is 1. The number of anilines is 1. The lowest BCUT2D eigenvalue weighted by atomic mass is 10.2. The third-order valence-electron chi connectivity index (χ3n) is 3.55. The molecular formula is C15H19N3O3S. The quantitative estimate of drug-likeness (QED) is 0.887. The number of carboxylic acids is 1. The van der Waals surface area contributed by atoms with Crippen LogP contribution in [-0.2, 0) is 11.3 Å². The average Bonchev–Trinajstić information content (AvgIpc) is 2.91. The molecule has 2 N–H and O–H groups in total. The van der Waals surface area contributed by atoms with Gasteiger partial charge in [-0.2, -0.15) is 5.10 Å². The van der Waals surface area contributed by atoms with E-state index in [1.807, 2.05) is 26.8 Å². The highest BCUT2D eigenvalue weighted by molar-refractivity contribution is 7.14. The second-order valence-corrected chi connectivity index (χ2v) is 6.47. The van der Waals surface area contributed by atoms with E-state index in [2.05, 4.69) is 10.4 Å². The fourth-order valence-electron chi connectivity index (χ4n) is 2.16. The summed E-state index contributed by atoms with van der Waals surface area (Å²) < 4.78 is 1.62. The molecule has 2 heterocycles. The maximum Gasteiger partial charge on any atom is 0.305 e. The molecule has 0 saturated carbocycles. The normalized spacial score (nSPS) is 10.7. The number of hydrogen-bond acceptors (Lipinski definition) is 4. The summed E-state index contributed by atoms with van der Waals surface area (Å²) >= 11 is 1.46. The topological polar surface area (TPSA) is 84.2 Å². The van der Waals surface area contributed by atoms with Gasteiger partial charge >= 0.3 is 5.97 Å². The number of nitrogens with one attached hydrogen (secondary N) is 1. The molecule has 2 rings (SSSR count). The molecule has 0 bridgehead atoms. The molecule has 0 saturated heterocycles. The van der Waals surface area contributed by atoms with Crippen molar-refractivity contribution in [1.82, 2.24) is 9.78 Å². The van der Waals surface area contributed by atoms with Crippen molar-refractivity contribution < 1.29 is 14.7 Å². The molecule has 0 aromatic carbocycles. The van der Waals surface area contributed by atoms with Gasteiger partial charge in [0.05, 0.1) is 34.9 Å². The molecule has 0 fully saturated rings. The highest BCUT2D eigenvalue weighted by atomic mass is 32.1. The van der Waals surface area contributed by atoms with Crippen molar-refractivity contribution >= 4 is 28.9 Å². The molecule has 2 aromatic heterocycles. The summed E-state index contributed by atoms with van der Waals surface area (Å²) in [4.78, 5) is 24.8. The minimum Gasteiger partial charge on any atom is -0.481 e. The minimum atomic E-state index is -0.873. The van der Waals surface area contributed by atoms with Crippen molar-refractivity contribution in [2.45, 2.75) is 40.7 Å². The van der Waals surface area contributed by atoms with E-state index in [4.69, 9.17) is 5.11 Å². The van der Waals surface area contributed by atoms with Gasteiger partial charge in [-0.15, -0.1) is 11.3 Å². The first-order valence-corrected chi connectivity index (χ1v) is 7.75. The number of aryl methyl sites for hydroxylation is 4. The van der Waals surface area contributed by atoms with Gasteiger partial charge in [0.25, 0.3) is 5.91 Å². The third-order valence-corrected chi connectivity index (χ3v) is 4.70. The molecule has 0 atom stereocenters. The summed E-state index contributed by atoms with van der Waals surface area (Å²) in [5.74, 6) is -1.03. The number of thiophene rings is 1. The van der Waals surface area contributed by atoms with E-state index in [0.717, 1.165) is 16.1 Å². The van der Waals surface area contributed by atoms with Gasteiger partial charge in [-0.1, -0.05) is 0 Å². The van der Waals surface area contributed by atoms with E-state index in [9.17, 15) is 9.59 Å². The Bertz CT molecular complexity index is 711. The maximum absolute atomic E-state index is 12.3. The number of carbonyl (C=O) groups is 2. The Morgan fingerprint density at radius 1 is 1.32 bits per heavy atom. The molecule has 118 valence electrons. The van der Waals surface area contributed by atoms with Crippen LogP contribution in [0.4, 0.5) is 5.69 Å². The lowest BCUT2D eigenvalue weighted by molar-refractivity contribution is -0.137. The fourth-order valence-corrected chi connectivity index (χ4v) is 3.09. The summed E-state index contributed by atoms with van der Waals surface area (Å²) in [7, 11) is 0. The van der Waals surface area contributed by atoms with Crippen LogP contribution in [0.1, 0.15) is 37.9 Å². The van der Waals surface area contributed by atoms with Gasteiger partial charge in [0.2, 0.25) is 0 Å². The van der Waals surface area contributed by atoms with Crippen molar-refractivity contribution in [2.75, 3.05) is 5.32 Å². The summed E-state index contributed by atoms with van der Waals surface area (Å²) in [6.07, 6.45) is -0.00133. The van der Waals surface area contributed by atoms with Crippen LogP contribution in [0.15, 0.2) is 6.07 Å². The second kappa shape index (κ2) is 6.31. The maximum atomic E-state index is 12.3. The van der Waals surface area contributed by atoms with Crippen molar-refractivity contribution in [3.8, 4) is 0 Å². The predicted octanol–water partition coefficient (Wildman–Crippen LogP) is 2.91. The van der Waals surface area contributed by atoms with E-state index in [1.165, 1.54) is 11.3 Å². The first-order valence-electron chi connectivity index (χ1n) is 6.93. The van der Waals surface area contributed by atoms with Crippen LogP contribution in [0.25, 0.3) is 0 Å². The monoisotopic (exact) mass is 321 g/mol. The van der Waals surface area contributed by atoms with Crippen LogP contribution in [0.3, 0.4) is 0 Å². The molecule has 0 aliphatic rings. The van der Waals surface area contributed by atoms with Gasteiger partial charge in [-0.05, 0) is 39.3 Å². The number of nitrogens with zero attached hydrogens (tertiary/aromatic N) is 2. The zero-order valence-electron chi connectivity index (χ0n) is 13.1. The molecule has 0 aliphatic carbocycles. The number of amides is 1. The van der Waals surface area contributed by atoms with Crippen molar-refractivity contribution in [3.05, 3.63) is 32.8 Å². The van der Waals surface area contributed by atoms with Gasteiger partial charge in [0, 0.05) is 4.88 Å². The largest absolute Gasteiger partial charge is 0.481 e. The van der Waals surface area contributed by atoms with Crippen molar-refractivity contribution in [3.63, 3.8) is 0 Å². The Labute approximate surface area is 132 Å². The SMILES string of the molecule is Cc1cc(C(=O)Nc2c(C)nn(CCC(=O)O)c2C)sc1C. The number of carbonyl (C=O) groups excluding carboxylic acids is 1. The first kappa shape index (κ1) is 16.2. The number of aromatic nitrogens is 2. The van der Waals surface area contributed by atoms with Crippen LogP contribution in [0, 0.1) is 27.7 Å². The Balaban J connectivity index is 2.18.